The lowest BCUT2D eigenvalue weighted by molar-refractivity contribution is 0.553. The van der Waals surface area contributed by atoms with Crippen LogP contribution in [0.5, 0.6) is 0 Å². The molecule has 0 bridgehead atoms. The molecule has 0 fully saturated rings. The largest absolute Gasteiger partial charge is 0.368 e. The minimum absolute atomic E-state index is 0.0769. The van der Waals surface area contributed by atoms with Crippen LogP contribution in [0.3, 0.4) is 0 Å². The molecular formula is C17H16F2N8. The van der Waals surface area contributed by atoms with Crippen molar-refractivity contribution >= 4 is 28.6 Å². The van der Waals surface area contributed by atoms with Gasteiger partial charge < -0.3 is 20.6 Å². The molecule has 0 aliphatic heterocycles. The first-order chi connectivity index (χ1) is 12.9. The minimum atomic E-state index is -0.726. The van der Waals surface area contributed by atoms with Crippen LogP contribution in [-0.2, 0) is 7.05 Å². The molecule has 4 aromatic rings. The Labute approximate surface area is 152 Å². The van der Waals surface area contributed by atoms with E-state index in [1.807, 2.05) is 7.05 Å². The van der Waals surface area contributed by atoms with Gasteiger partial charge >= 0.3 is 0 Å². The highest BCUT2D eigenvalue weighted by Gasteiger charge is 2.22. The summed E-state index contributed by atoms with van der Waals surface area (Å²) >= 11 is 0. The summed E-state index contributed by atoms with van der Waals surface area (Å²) in [4.78, 5) is 19.6. The SMILES string of the molecule is CC(c1ncc(F)cc1F)c1c[nH]c2nc(N)nc(Nc3cn(C)cn3)c12. The predicted molar refractivity (Wildman–Crippen MR) is 96.5 cm³/mol. The fourth-order valence-electron chi connectivity index (χ4n) is 3.00. The monoisotopic (exact) mass is 370 g/mol. The summed E-state index contributed by atoms with van der Waals surface area (Å²) in [5.41, 5.74) is 7.11. The number of halogens is 2. The van der Waals surface area contributed by atoms with E-state index in [1.54, 1.807) is 30.2 Å². The molecule has 4 rings (SSSR count). The van der Waals surface area contributed by atoms with Crippen LogP contribution in [-0.4, -0.2) is 29.5 Å². The number of anilines is 3. The van der Waals surface area contributed by atoms with E-state index in [9.17, 15) is 8.78 Å². The van der Waals surface area contributed by atoms with Gasteiger partial charge in [-0.05, 0) is 5.56 Å². The van der Waals surface area contributed by atoms with Crippen LogP contribution < -0.4 is 11.1 Å². The maximum absolute atomic E-state index is 14.2. The van der Waals surface area contributed by atoms with Crippen molar-refractivity contribution in [3.63, 3.8) is 0 Å². The highest BCUT2D eigenvalue weighted by Crippen LogP contribution is 2.34. The molecule has 1 unspecified atom stereocenters. The smallest absolute Gasteiger partial charge is 0.224 e. The maximum atomic E-state index is 14.2. The summed E-state index contributed by atoms with van der Waals surface area (Å²) < 4.78 is 29.2. The number of fused-ring (bicyclic) bond motifs is 1. The number of imidazole rings is 1. The number of nitrogen functional groups attached to an aromatic ring is 1. The highest BCUT2D eigenvalue weighted by molar-refractivity contribution is 5.93. The lowest BCUT2D eigenvalue weighted by Gasteiger charge is -2.13. The van der Waals surface area contributed by atoms with Crippen LogP contribution in [0, 0.1) is 11.6 Å². The van der Waals surface area contributed by atoms with Gasteiger partial charge in [-0.25, -0.2) is 13.8 Å². The molecule has 138 valence electrons. The van der Waals surface area contributed by atoms with Gasteiger partial charge in [-0.1, -0.05) is 6.92 Å². The Morgan fingerprint density at radius 3 is 2.78 bits per heavy atom. The van der Waals surface area contributed by atoms with Gasteiger partial charge in [0.15, 0.2) is 0 Å². The highest BCUT2D eigenvalue weighted by atomic mass is 19.1. The molecule has 0 aromatic carbocycles. The fourth-order valence-corrected chi connectivity index (χ4v) is 3.00. The van der Waals surface area contributed by atoms with Gasteiger partial charge in [-0.2, -0.15) is 9.97 Å². The molecule has 10 heteroatoms. The van der Waals surface area contributed by atoms with E-state index < -0.39 is 17.6 Å². The van der Waals surface area contributed by atoms with E-state index in [2.05, 4.69) is 30.2 Å². The van der Waals surface area contributed by atoms with Crippen LogP contribution in [0.1, 0.15) is 24.1 Å². The number of nitrogens with two attached hydrogens (primary N) is 1. The van der Waals surface area contributed by atoms with Crippen molar-refractivity contribution in [3.05, 3.63) is 53.9 Å². The summed E-state index contributed by atoms with van der Waals surface area (Å²) in [5.74, 6) is -0.836. The molecule has 0 spiro atoms. The number of rotatable bonds is 4. The average Bonchev–Trinajstić information content (AvgIpc) is 3.20. The second kappa shape index (κ2) is 6.31. The number of aromatic amines is 1. The summed E-state index contributed by atoms with van der Waals surface area (Å²) in [5, 5.41) is 3.74. The van der Waals surface area contributed by atoms with Gasteiger partial charge in [0.25, 0.3) is 0 Å². The third-order valence-electron chi connectivity index (χ3n) is 4.24. The number of pyridine rings is 1. The number of aromatic nitrogens is 6. The topological polar surface area (TPSA) is 110 Å². The van der Waals surface area contributed by atoms with Crippen molar-refractivity contribution in [1.29, 1.82) is 0 Å². The maximum Gasteiger partial charge on any atom is 0.224 e. The fraction of sp³-hybridized carbons (Fsp3) is 0.176. The number of hydrogen-bond donors (Lipinski definition) is 3. The zero-order chi connectivity index (χ0) is 19.1. The Bertz CT molecular complexity index is 1130. The van der Waals surface area contributed by atoms with E-state index in [0.717, 1.165) is 12.3 Å². The van der Waals surface area contributed by atoms with Crippen molar-refractivity contribution < 1.29 is 8.78 Å². The quantitative estimate of drug-likeness (QED) is 0.509. The molecule has 27 heavy (non-hydrogen) atoms. The summed E-state index contributed by atoms with van der Waals surface area (Å²) in [6.07, 6.45) is 6.10. The standard InChI is InChI=1S/C17H16F2N8/c1-8(14-11(19)3-9(18)4-21-14)10-5-22-15-13(10)16(26-17(20)25-15)24-12-6-27(2)7-23-12/h3-8H,1-2H3,(H4,20,22,24,25,26). The van der Waals surface area contributed by atoms with Crippen LogP contribution >= 0.6 is 0 Å². The van der Waals surface area contributed by atoms with E-state index in [0.29, 0.717) is 28.2 Å². The number of nitrogens with zero attached hydrogens (tertiary/aromatic N) is 5. The molecule has 4 aromatic heterocycles. The zero-order valence-corrected chi connectivity index (χ0v) is 14.5. The molecule has 8 nitrogen and oxygen atoms in total. The van der Waals surface area contributed by atoms with Crippen molar-refractivity contribution in [3.8, 4) is 0 Å². The molecule has 0 saturated carbocycles. The Morgan fingerprint density at radius 2 is 2.07 bits per heavy atom. The van der Waals surface area contributed by atoms with Crippen molar-refractivity contribution in [2.45, 2.75) is 12.8 Å². The molecule has 0 amide bonds. The second-order valence-electron chi connectivity index (χ2n) is 6.19. The van der Waals surface area contributed by atoms with Crippen LogP contribution in [0.15, 0.2) is 31.0 Å². The lowest BCUT2D eigenvalue weighted by Crippen LogP contribution is -2.05. The van der Waals surface area contributed by atoms with E-state index >= 15 is 0 Å². The van der Waals surface area contributed by atoms with E-state index in [1.165, 1.54) is 0 Å². The van der Waals surface area contributed by atoms with Gasteiger partial charge in [0.1, 0.15) is 28.9 Å². The second-order valence-corrected chi connectivity index (χ2v) is 6.19. The number of nitrogens with one attached hydrogen (secondary N) is 2. The molecule has 0 aliphatic carbocycles. The van der Waals surface area contributed by atoms with Crippen LogP contribution in [0.2, 0.25) is 0 Å². The van der Waals surface area contributed by atoms with Crippen LogP contribution in [0.4, 0.5) is 26.4 Å². The molecular weight excluding hydrogens is 354 g/mol. The number of hydrogen-bond acceptors (Lipinski definition) is 6. The van der Waals surface area contributed by atoms with Gasteiger partial charge in [-0.3, -0.25) is 4.98 Å². The van der Waals surface area contributed by atoms with Crippen LogP contribution in [0.25, 0.3) is 11.0 Å². The predicted octanol–water partition coefficient (Wildman–Crippen LogP) is 2.84. The summed E-state index contributed by atoms with van der Waals surface area (Å²) in [6, 6.07) is 0.815. The first-order valence-electron chi connectivity index (χ1n) is 8.13. The zero-order valence-electron chi connectivity index (χ0n) is 14.5. The first-order valence-corrected chi connectivity index (χ1v) is 8.13. The minimum Gasteiger partial charge on any atom is -0.368 e. The summed E-state index contributed by atoms with van der Waals surface area (Å²) in [7, 11) is 1.84. The molecule has 4 N–H and O–H groups in total. The lowest BCUT2D eigenvalue weighted by atomic mass is 9.97. The first kappa shape index (κ1) is 16.9. The number of aryl methyl sites for hydroxylation is 1. The van der Waals surface area contributed by atoms with E-state index in [4.69, 9.17) is 5.73 Å². The van der Waals surface area contributed by atoms with Gasteiger partial charge in [0.05, 0.1) is 23.6 Å². The van der Waals surface area contributed by atoms with Gasteiger partial charge in [-0.15, -0.1) is 0 Å². The number of H-pyrrole nitrogens is 1. The molecule has 4 heterocycles. The van der Waals surface area contributed by atoms with E-state index in [-0.39, 0.29) is 11.6 Å². The molecule has 0 aliphatic rings. The Kier molecular flexibility index (Phi) is 3.94. The molecule has 0 saturated heterocycles. The third-order valence-corrected chi connectivity index (χ3v) is 4.24. The molecule has 0 radical (unpaired) electrons. The summed E-state index contributed by atoms with van der Waals surface area (Å²) in [6.45, 7) is 1.77. The third kappa shape index (κ3) is 3.05. The Balaban J connectivity index is 1.83. The average molecular weight is 370 g/mol. The van der Waals surface area contributed by atoms with Crippen molar-refractivity contribution in [1.82, 2.24) is 29.5 Å². The van der Waals surface area contributed by atoms with Crippen molar-refractivity contribution in [2.75, 3.05) is 11.1 Å². The molecule has 1 atom stereocenters. The normalized spacial score (nSPS) is 12.4. The van der Waals surface area contributed by atoms with Gasteiger partial charge in [0.2, 0.25) is 5.95 Å². The van der Waals surface area contributed by atoms with Gasteiger partial charge in [0, 0.05) is 31.4 Å². The van der Waals surface area contributed by atoms with Crippen molar-refractivity contribution in [2.24, 2.45) is 7.05 Å². The Hall–Kier alpha value is -3.56. The Morgan fingerprint density at radius 1 is 1.26 bits per heavy atom.